The molecule has 0 spiro atoms. The summed E-state index contributed by atoms with van der Waals surface area (Å²) in [6.45, 7) is 0. The minimum Gasteiger partial charge on any atom is -0.497 e. The Bertz CT molecular complexity index is 1210. The lowest BCUT2D eigenvalue weighted by atomic mass is 10.2. The normalized spacial score (nSPS) is 11.0. The first-order chi connectivity index (χ1) is 14.1. The number of carbonyl (C=O) groups excluding carboxylic acids is 1. The highest BCUT2D eigenvalue weighted by atomic mass is 35.5. The molecule has 1 amide bonds. The molecule has 0 radical (unpaired) electrons. The Labute approximate surface area is 175 Å². The Morgan fingerprint density at radius 3 is 2.83 bits per heavy atom. The number of benzene rings is 2. The predicted octanol–water partition coefficient (Wildman–Crippen LogP) is 3.91. The van der Waals surface area contributed by atoms with Crippen LogP contribution in [0.2, 0.25) is 5.02 Å². The second kappa shape index (κ2) is 8.14. The monoisotopic (exact) mass is 429 g/mol. The SMILES string of the molecule is COc1ccc(OC)c(NC(=O)CSc2nnc3c(n2)[nH]c2ccc(Cl)cc23)c1. The number of amides is 1. The van der Waals surface area contributed by atoms with E-state index in [0.717, 1.165) is 10.9 Å². The Hall–Kier alpha value is -3.04. The fourth-order valence-corrected chi connectivity index (χ4v) is 3.58. The molecule has 10 heteroatoms. The zero-order valence-corrected chi connectivity index (χ0v) is 17.1. The van der Waals surface area contributed by atoms with Gasteiger partial charge in [0.2, 0.25) is 11.1 Å². The van der Waals surface area contributed by atoms with Crippen molar-refractivity contribution in [2.45, 2.75) is 5.16 Å². The molecule has 29 heavy (non-hydrogen) atoms. The van der Waals surface area contributed by atoms with E-state index in [1.165, 1.54) is 18.9 Å². The predicted molar refractivity (Wildman–Crippen MR) is 113 cm³/mol. The molecule has 0 aliphatic heterocycles. The molecule has 4 rings (SSSR count). The summed E-state index contributed by atoms with van der Waals surface area (Å²) >= 11 is 7.24. The number of nitrogens with zero attached hydrogens (tertiary/aromatic N) is 3. The second-order valence-electron chi connectivity index (χ2n) is 6.01. The summed E-state index contributed by atoms with van der Waals surface area (Å²) in [5.41, 5.74) is 2.63. The summed E-state index contributed by atoms with van der Waals surface area (Å²) in [5, 5.41) is 13.0. The van der Waals surface area contributed by atoms with Crippen LogP contribution in [0, 0.1) is 0 Å². The van der Waals surface area contributed by atoms with Crippen molar-refractivity contribution in [3.8, 4) is 11.5 Å². The number of rotatable bonds is 6. The lowest BCUT2D eigenvalue weighted by molar-refractivity contribution is -0.113. The van der Waals surface area contributed by atoms with Gasteiger partial charge in [0.1, 0.15) is 17.0 Å². The first kappa shape index (κ1) is 19.3. The van der Waals surface area contributed by atoms with E-state index in [2.05, 4.69) is 25.5 Å². The van der Waals surface area contributed by atoms with Gasteiger partial charge in [0.25, 0.3) is 0 Å². The standard InChI is InChI=1S/C19H16ClN5O3S/c1-27-11-4-6-15(28-2)14(8-11)21-16(26)9-29-19-23-18-17(24-25-19)12-7-10(20)3-5-13(12)22-18/h3-8H,9H2,1-2H3,(H,21,26)(H,22,23,25). The molecule has 4 aromatic rings. The summed E-state index contributed by atoms with van der Waals surface area (Å²) in [6, 6.07) is 10.6. The third-order valence-corrected chi connectivity index (χ3v) is 5.24. The molecule has 0 aliphatic carbocycles. The Morgan fingerprint density at radius 1 is 1.17 bits per heavy atom. The van der Waals surface area contributed by atoms with E-state index in [9.17, 15) is 4.79 Å². The van der Waals surface area contributed by atoms with Gasteiger partial charge in [-0.15, -0.1) is 10.2 Å². The highest BCUT2D eigenvalue weighted by Gasteiger charge is 2.13. The van der Waals surface area contributed by atoms with Crippen LogP contribution in [0.1, 0.15) is 0 Å². The quantitative estimate of drug-likeness (QED) is 0.448. The van der Waals surface area contributed by atoms with Gasteiger partial charge in [0.15, 0.2) is 5.65 Å². The number of anilines is 1. The number of H-pyrrole nitrogens is 1. The lowest BCUT2D eigenvalue weighted by Gasteiger charge is -2.11. The van der Waals surface area contributed by atoms with E-state index in [4.69, 9.17) is 21.1 Å². The van der Waals surface area contributed by atoms with Gasteiger partial charge in [-0.2, -0.15) is 0 Å². The second-order valence-corrected chi connectivity index (χ2v) is 7.39. The first-order valence-corrected chi connectivity index (χ1v) is 9.90. The van der Waals surface area contributed by atoms with Crippen LogP contribution in [-0.2, 0) is 4.79 Å². The van der Waals surface area contributed by atoms with E-state index in [-0.39, 0.29) is 11.7 Å². The van der Waals surface area contributed by atoms with Crippen LogP contribution in [0.25, 0.3) is 22.1 Å². The van der Waals surface area contributed by atoms with Gasteiger partial charge in [-0.1, -0.05) is 23.4 Å². The molecular formula is C19H16ClN5O3S. The fourth-order valence-electron chi connectivity index (χ4n) is 2.82. The van der Waals surface area contributed by atoms with Crippen molar-refractivity contribution in [2.24, 2.45) is 0 Å². The molecule has 2 heterocycles. The maximum Gasteiger partial charge on any atom is 0.234 e. The van der Waals surface area contributed by atoms with Gasteiger partial charge < -0.3 is 19.8 Å². The number of fused-ring (bicyclic) bond motifs is 3. The van der Waals surface area contributed by atoms with Crippen LogP contribution in [0.4, 0.5) is 5.69 Å². The molecule has 0 fully saturated rings. The number of halogens is 1. The Kier molecular flexibility index (Phi) is 5.41. The smallest absolute Gasteiger partial charge is 0.234 e. The number of nitrogens with one attached hydrogen (secondary N) is 2. The van der Waals surface area contributed by atoms with Gasteiger partial charge in [0, 0.05) is 22.0 Å². The largest absolute Gasteiger partial charge is 0.497 e. The zero-order valence-electron chi connectivity index (χ0n) is 15.5. The maximum absolute atomic E-state index is 12.4. The van der Waals surface area contributed by atoms with E-state index in [1.807, 2.05) is 12.1 Å². The number of ether oxygens (including phenoxy) is 2. The number of hydrogen-bond acceptors (Lipinski definition) is 7. The Morgan fingerprint density at radius 2 is 2.03 bits per heavy atom. The first-order valence-electron chi connectivity index (χ1n) is 8.53. The average Bonchev–Trinajstić information content (AvgIpc) is 3.09. The number of aromatic amines is 1. The molecule has 2 aromatic carbocycles. The molecular weight excluding hydrogens is 414 g/mol. The third kappa shape index (κ3) is 4.06. The molecule has 0 unspecified atom stereocenters. The van der Waals surface area contributed by atoms with Crippen molar-refractivity contribution in [2.75, 3.05) is 25.3 Å². The molecule has 0 saturated carbocycles. The summed E-state index contributed by atoms with van der Waals surface area (Å²) in [6.07, 6.45) is 0. The lowest BCUT2D eigenvalue weighted by Crippen LogP contribution is -2.15. The number of aromatic nitrogens is 4. The van der Waals surface area contributed by atoms with Crippen molar-refractivity contribution in [1.82, 2.24) is 20.2 Å². The number of hydrogen-bond donors (Lipinski definition) is 2. The highest BCUT2D eigenvalue weighted by Crippen LogP contribution is 2.29. The zero-order chi connectivity index (χ0) is 20.4. The molecule has 2 N–H and O–H groups in total. The average molecular weight is 430 g/mol. The van der Waals surface area contributed by atoms with Crippen molar-refractivity contribution in [3.63, 3.8) is 0 Å². The summed E-state index contributed by atoms with van der Waals surface area (Å²) in [4.78, 5) is 20.0. The third-order valence-electron chi connectivity index (χ3n) is 4.17. The van der Waals surface area contributed by atoms with E-state index in [0.29, 0.717) is 38.5 Å². The number of carbonyl (C=O) groups is 1. The molecule has 148 valence electrons. The fraction of sp³-hybridized carbons (Fsp3) is 0.158. The van der Waals surface area contributed by atoms with Gasteiger partial charge >= 0.3 is 0 Å². The van der Waals surface area contributed by atoms with Gasteiger partial charge in [-0.25, -0.2) is 4.98 Å². The molecule has 0 saturated heterocycles. The van der Waals surface area contributed by atoms with Crippen LogP contribution in [0.5, 0.6) is 11.5 Å². The van der Waals surface area contributed by atoms with E-state index >= 15 is 0 Å². The van der Waals surface area contributed by atoms with Gasteiger partial charge in [-0.3, -0.25) is 4.79 Å². The van der Waals surface area contributed by atoms with Crippen LogP contribution >= 0.6 is 23.4 Å². The van der Waals surface area contributed by atoms with Crippen LogP contribution in [0.15, 0.2) is 41.6 Å². The van der Waals surface area contributed by atoms with Gasteiger partial charge in [-0.05, 0) is 30.3 Å². The minimum absolute atomic E-state index is 0.111. The van der Waals surface area contributed by atoms with E-state index in [1.54, 1.807) is 31.4 Å². The summed E-state index contributed by atoms with van der Waals surface area (Å²) < 4.78 is 10.5. The van der Waals surface area contributed by atoms with Crippen LogP contribution in [0.3, 0.4) is 0 Å². The van der Waals surface area contributed by atoms with E-state index < -0.39 is 0 Å². The highest BCUT2D eigenvalue weighted by molar-refractivity contribution is 7.99. The van der Waals surface area contributed by atoms with Gasteiger partial charge in [0.05, 0.1) is 25.7 Å². The van der Waals surface area contributed by atoms with Crippen LogP contribution < -0.4 is 14.8 Å². The number of methoxy groups -OCH3 is 2. The Balaban J connectivity index is 1.48. The van der Waals surface area contributed by atoms with Crippen molar-refractivity contribution in [1.29, 1.82) is 0 Å². The molecule has 0 aliphatic rings. The minimum atomic E-state index is -0.228. The molecule has 0 atom stereocenters. The van der Waals surface area contributed by atoms with Crippen molar-refractivity contribution < 1.29 is 14.3 Å². The van der Waals surface area contributed by atoms with Crippen molar-refractivity contribution in [3.05, 3.63) is 41.4 Å². The molecule has 0 bridgehead atoms. The summed E-state index contributed by atoms with van der Waals surface area (Å²) in [7, 11) is 3.09. The molecule has 8 nitrogen and oxygen atoms in total. The topological polar surface area (TPSA) is 102 Å². The molecule has 2 aromatic heterocycles. The maximum atomic E-state index is 12.4. The van der Waals surface area contributed by atoms with Crippen molar-refractivity contribution >= 4 is 57.0 Å². The van der Waals surface area contributed by atoms with Crippen LogP contribution in [-0.4, -0.2) is 46.0 Å². The number of thioether (sulfide) groups is 1. The summed E-state index contributed by atoms with van der Waals surface area (Å²) in [5.74, 6) is 1.04.